The Labute approximate surface area is 224 Å². The summed E-state index contributed by atoms with van der Waals surface area (Å²) in [5, 5.41) is 6.82. The van der Waals surface area contributed by atoms with Crippen LogP contribution in [-0.2, 0) is 24.2 Å². The molecule has 210 valence electrons. The number of piperidine rings is 1. The van der Waals surface area contributed by atoms with Crippen LogP contribution >= 0.6 is 11.6 Å². The van der Waals surface area contributed by atoms with Crippen molar-refractivity contribution in [3.8, 4) is 0 Å². The molecule has 3 rings (SSSR count). The molecule has 3 atom stereocenters. The molecule has 3 N–H and O–H groups in total. The lowest BCUT2D eigenvalue weighted by Gasteiger charge is -2.39. The van der Waals surface area contributed by atoms with Crippen LogP contribution in [0.4, 0.5) is 18.9 Å². The lowest BCUT2D eigenvalue weighted by atomic mass is 9.95. The van der Waals surface area contributed by atoms with Gasteiger partial charge in [0.2, 0.25) is 32.7 Å². The zero-order chi connectivity index (χ0) is 28.3. The van der Waals surface area contributed by atoms with E-state index in [9.17, 15) is 36.0 Å². The van der Waals surface area contributed by atoms with Gasteiger partial charge >= 0.3 is 0 Å². The quantitative estimate of drug-likeness (QED) is 0.414. The fourth-order valence-corrected chi connectivity index (χ4v) is 5.03. The molecule has 2 heterocycles. The zero-order valence-electron chi connectivity index (χ0n) is 20.9. The van der Waals surface area contributed by atoms with Crippen LogP contribution in [0.3, 0.4) is 0 Å². The fraction of sp³-hybridized carbons (Fsp3) is 0.542. The van der Waals surface area contributed by atoms with E-state index in [4.69, 9.17) is 11.6 Å². The second-order valence-corrected chi connectivity index (χ2v) is 11.9. The molecule has 2 fully saturated rings. The average molecular weight is 579 g/mol. The number of halogens is 4. The Kier molecular flexibility index (Phi) is 9.34. The Morgan fingerprint density at radius 2 is 2.05 bits per heavy atom. The summed E-state index contributed by atoms with van der Waals surface area (Å²) >= 11 is 6.09. The third-order valence-corrected chi connectivity index (χ3v) is 7.88. The lowest BCUT2D eigenvalue weighted by Crippen LogP contribution is -2.58. The van der Waals surface area contributed by atoms with Crippen molar-refractivity contribution in [2.24, 2.45) is 5.92 Å². The molecule has 0 aromatic heterocycles. The van der Waals surface area contributed by atoms with Gasteiger partial charge in [0.25, 0.3) is 5.92 Å². The standard InChI is InChI=1S/C24H30ClF3N4O5S/c1-14-17(25)4-3-5-18(14)30-13-21(33)32-9-7-24(27,28)12-19(32)23(35)31-16(11-20(26)38(2,36)37)10-15-6-8-29-22(15)34/h3-5,11,15-16,19,30H,6-10,12-13H2,1-2H3,(H,29,34)(H,31,35)/b20-11+/t15-,16-,19-/m0/s1. The highest BCUT2D eigenvalue weighted by Gasteiger charge is 2.45. The van der Waals surface area contributed by atoms with Crippen molar-refractivity contribution in [3.63, 3.8) is 0 Å². The van der Waals surface area contributed by atoms with E-state index in [0.29, 0.717) is 41.6 Å². The van der Waals surface area contributed by atoms with Gasteiger partial charge in [-0.15, -0.1) is 0 Å². The van der Waals surface area contributed by atoms with Crippen LogP contribution < -0.4 is 16.0 Å². The van der Waals surface area contributed by atoms with Crippen LogP contribution in [0, 0.1) is 12.8 Å². The van der Waals surface area contributed by atoms with E-state index in [-0.39, 0.29) is 18.9 Å². The summed E-state index contributed by atoms with van der Waals surface area (Å²) in [6.45, 7) is 1.40. The normalized spacial score (nSPS) is 22.5. The molecule has 0 aliphatic carbocycles. The highest BCUT2D eigenvalue weighted by Crippen LogP contribution is 2.32. The largest absolute Gasteiger partial charge is 0.376 e. The van der Waals surface area contributed by atoms with E-state index in [1.807, 2.05) is 0 Å². The van der Waals surface area contributed by atoms with Crippen molar-refractivity contribution < 1.29 is 36.0 Å². The number of amides is 3. The van der Waals surface area contributed by atoms with Gasteiger partial charge in [0, 0.05) is 48.8 Å². The SMILES string of the molecule is Cc1c(Cl)cccc1NCC(=O)N1CCC(F)(F)C[C@H]1C(=O)N[C@H](/C=C(\F)S(C)(=O)=O)C[C@@H]1CCNC1=O. The Morgan fingerprint density at radius 1 is 1.34 bits per heavy atom. The summed E-state index contributed by atoms with van der Waals surface area (Å²) in [6, 6.07) is 2.15. The number of nitrogens with one attached hydrogen (secondary N) is 3. The Balaban J connectivity index is 1.79. The second kappa shape index (κ2) is 11.9. The second-order valence-electron chi connectivity index (χ2n) is 9.55. The summed E-state index contributed by atoms with van der Waals surface area (Å²) in [7, 11) is -4.25. The maximum Gasteiger partial charge on any atom is 0.252 e. The predicted molar refractivity (Wildman–Crippen MR) is 136 cm³/mol. The van der Waals surface area contributed by atoms with Crippen molar-refractivity contribution in [3.05, 3.63) is 40.0 Å². The van der Waals surface area contributed by atoms with Crippen molar-refractivity contribution in [1.29, 1.82) is 0 Å². The van der Waals surface area contributed by atoms with Gasteiger partial charge in [0.1, 0.15) is 6.04 Å². The van der Waals surface area contributed by atoms with Gasteiger partial charge in [-0.25, -0.2) is 17.2 Å². The fourth-order valence-electron chi connectivity index (χ4n) is 4.44. The summed E-state index contributed by atoms with van der Waals surface area (Å²) in [5.41, 5.74) is 1.24. The molecule has 0 bridgehead atoms. The average Bonchev–Trinajstić information content (AvgIpc) is 3.22. The van der Waals surface area contributed by atoms with Gasteiger partial charge in [0.15, 0.2) is 0 Å². The third kappa shape index (κ3) is 7.62. The number of sulfone groups is 1. The highest BCUT2D eigenvalue weighted by molar-refractivity contribution is 7.94. The summed E-state index contributed by atoms with van der Waals surface area (Å²) in [6.07, 6.45) is -0.0950. The minimum Gasteiger partial charge on any atom is -0.376 e. The third-order valence-electron chi connectivity index (χ3n) is 6.62. The van der Waals surface area contributed by atoms with E-state index in [1.54, 1.807) is 25.1 Å². The minimum absolute atomic E-state index is 0.146. The van der Waals surface area contributed by atoms with Crippen LogP contribution in [0.15, 0.2) is 29.4 Å². The van der Waals surface area contributed by atoms with E-state index in [2.05, 4.69) is 16.0 Å². The number of likely N-dealkylation sites (tertiary alicyclic amines) is 1. The first-order valence-electron chi connectivity index (χ1n) is 12.0. The van der Waals surface area contributed by atoms with Crippen LogP contribution in [0.5, 0.6) is 0 Å². The Hall–Kier alpha value is -2.80. The van der Waals surface area contributed by atoms with Crippen LogP contribution in [0.1, 0.15) is 31.2 Å². The van der Waals surface area contributed by atoms with Crippen molar-refractivity contribution in [2.45, 2.75) is 50.6 Å². The van der Waals surface area contributed by atoms with Gasteiger partial charge in [-0.05, 0) is 43.5 Å². The molecule has 0 unspecified atom stereocenters. The van der Waals surface area contributed by atoms with E-state index in [0.717, 1.165) is 4.90 Å². The molecular formula is C24H30ClF3N4O5S. The maximum absolute atomic E-state index is 14.3. The first-order valence-corrected chi connectivity index (χ1v) is 14.3. The smallest absolute Gasteiger partial charge is 0.252 e. The number of carbonyl (C=O) groups is 3. The molecule has 3 amide bonds. The molecule has 0 spiro atoms. The van der Waals surface area contributed by atoms with Crippen molar-refractivity contribution in [1.82, 2.24) is 15.5 Å². The highest BCUT2D eigenvalue weighted by atomic mass is 35.5. The first kappa shape index (κ1) is 29.8. The molecule has 38 heavy (non-hydrogen) atoms. The molecule has 0 radical (unpaired) electrons. The number of benzene rings is 1. The van der Waals surface area contributed by atoms with Gasteiger partial charge < -0.3 is 20.9 Å². The maximum atomic E-state index is 14.3. The summed E-state index contributed by atoms with van der Waals surface area (Å²) < 4.78 is 66.2. The molecule has 14 heteroatoms. The topological polar surface area (TPSA) is 125 Å². The number of nitrogens with zero attached hydrogens (tertiary/aromatic N) is 1. The van der Waals surface area contributed by atoms with Crippen LogP contribution in [0.25, 0.3) is 0 Å². The number of hydrogen-bond acceptors (Lipinski definition) is 6. The molecule has 2 aliphatic heterocycles. The number of anilines is 1. The number of rotatable bonds is 9. The minimum atomic E-state index is -4.25. The number of hydrogen-bond donors (Lipinski definition) is 3. The number of carbonyl (C=O) groups excluding carboxylic acids is 3. The van der Waals surface area contributed by atoms with Crippen molar-refractivity contribution >= 4 is 44.8 Å². The molecule has 1 aromatic rings. The van der Waals surface area contributed by atoms with Gasteiger partial charge in [0.05, 0.1) is 12.6 Å². The molecule has 1 aromatic carbocycles. The molecule has 2 aliphatic rings. The lowest BCUT2D eigenvalue weighted by molar-refractivity contribution is -0.151. The Bertz CT molecular complexity index is 1230. The first-order chi connectivity index (χ1) is 17.7. The van der Waals surface area contributed by atoms with Gasteiger partial charge in [-0.3, -0.25) is 14.4 Å². The molecule has 2 saturated heterocycles. The predicted octanol–water partition coefficient (Wildman–Crippen LogP) is 2.55. The summed E-state index contributed by atoms with van der Waals surface area (Å²) in [5.74, 6) is -5.84. The summed E-state index contributed by atoms with van der Waals surface area (Å²) in [4.78, 5) is 39.2. The zero-order valence-corrected chi connectivity index (χ0v) is 22.5. The molecule has 0 saturated carbocycles. The number of alkyl halides is 2. The monoisotopic (exact) mass is 578 g/mol. The van der Waals surface area contributed by atoms with Gasteiger partial charge in [-0.1, -0.05) is 17.7 Å². The van der Waals surface area contributed by atoms with E-state index in [1.165, 1.54) is 0 Å². The van der Waals surface area contributed by atoms with Crippen molar-refractivity contribution in [2.75, 3.05) is 31.2 Å². The van der Waals surface area contributed by atoms with Crippen LogP contribution in [0.2, 0.25) is 5.02 Å². The Morgan fingerprint density at radius 3 is 2.68 bits per heavy atom. The van der Waals surface area contributed by atoms with Crippen LogP contribution in [-0.4, -0.2) is 74.9 Å². The molecule has 9 nitrogen and oxygen atoms in total. The molecular weight excluding hydrogens is 549 g/mol. The van der Waals surface area contributed by atoms with E-state index >= 15 is 0 Å². The van der Waals surface area contributed by atoms with Gasteiger partial charge in [-0.2, -0.15) is 4.39 Å². The van der Waals surface area contributed by atoms with E-state index < -0.39 is 70.1 Å².